The molecule has 0 saturated carbocycles. The fourth-order valence-corrected chi connectivity index (χ4v) is 4.69. The number of benzene rings is 2. The first-order valence-corrected chi connectivity index (χ1v) is 11.8. The van der Waals surface area contributed by atoms with Crippen LogP contribution in [0.1, 0.15) is 16.8 Å². The highest BCUT2D eigenvalue weighted by Crippen LogP contribution is 2.27. The first-order valence-electron chi connectivity index (χ1n) is 11.0. The smallest absolute Gasteiger partial charge is 0.237 e. The second-order valence-electron chi connectivity index (χ2n) is 8.23. The van der Waals surface area contributed by atoms with Crippen LogP contribution in [0.15, 0.2) is 53.9 Å². The summed E-state index contributed by atoms with van der Waals surface area (Å²) in [5.74, 6) is 1.83. The van der Waals surface area contributed by atoms with Crippen LogP contribution in [0.3, 0.4) is 0 Å². The van der Waals surface area contributed by atoms with Crippen LogP contribution in [0.4, 0.5) is 5.13 Å². The molecular weight excluding hydrogens is 436 g/mol. The largest absolute Gasteiger partial charge is 0.497 e. The van der Waals surface area contributed by atoms with Crippen molar-refractivity contribution in [3.63, 3.8) is 0 Å². The van der Waals surface area contributed by atoms with Gasteiger partial charge in [0.15, 0.2) is 5.13 Å². The predicted molar refractivity (Wildman–Crippen MR) is 131 cm³/mol. The van der Waals surface area contributed by atoms with E-state index in [4.69, 9.17) is 14.5 Å². The lowest BCUT2D eigenvalue weighted by Gasteiger charge is -2.31. The third kappa shape index (κ3) is 6.03. The van der Waals surface area contributed by atoms with Gasteiger partial charge >= 0.3 is 0 Å². The molecule has 1 aliphatic heterocycles. The SMILES string of the molecule is COc1cccc(CN(Cc2cccc(OC)c2)c2nc(CN3CCN(C)CC3=O)cs2)c1. The summed E-state index contributed by atoms with van der Waals surface area (Å²) in [4.78, 5) is 23.5. The lowest BCUT2D eigenvalue weighted by Crippen LogP contribution is -2.48. The number of carbonyl (C=O) groups excluding carboxylic acids is 1. The lowest BCUT2D eigenvalue weighted by molar-refractivity contribution is -0.136. The molecular formula is C25H30N4O3S. The molecule has 2 heterocycles. The fraction of sp³-hybridized carbons (Fsp3) is 0.360. The van der Waals surface area contributed by atoms with E-state index < -0.39 is 0 Å². The third-order valence-corrected chi connectivity index (χ3v) is 6.64. The minimum atomic E-state index is 0.155. The van der Waals surface area contributed by atoms with Crippen LogP contribution < -0.4 is 14.4 Å². The maximum atomic E-state index is 12.4. The summed E-state index contributed by atoms with van der Waals surface area (Å²) in [6.45, 7) is 4.02. The molecule has 7 nitrogen and oxygen atoms in total. The number of anilines is 1. The Morgan fingerprint density at radius 2 is 1.64 bits per heavy atom. The number of nitrogens with zero attached hydrogens (tertiary/aromatic N) is 4. The number of hydrogen-bond donors (Lipinski definition) is 0. The Balaban J connectivity index is 1.55. The van der Waals surface area contributed by atoms with E-state index in [1.807, 2.05) is 36.2 Å². The zero-order chi connectivity index (χ0) is 23.2. The second kappa shape index (κ2) is 10.7. The summed E-state index contributed by atoms with van der Waals surface area (Å²) in [6.07, 6.45) is 0. The van der Waals surface area contributed by atoms with Gasteiger partial charge in [0.25, 0.3) is 0 Å². The Kier molecular flexibility index (Phi) is 7.47. The minimum absolute atomic E-state index is 0.155. The summed E-state index contributed by atoms with van der Waals surface area (Å²) in [7, 11) is 5.34. The van der Waals surface area contributed by atoms with Gasteiger partial charge in [0.2, 0.25) is 5.91 Å². The maximum Gasteiger partial charge on any atom is 0.237 e. The summed E-state index contributed by atoms with van der Waals surface area (Å²) < 4.78 is 10.8. The number of thiazole rings is 1. The van der Waals surface area contributed by atoms with Gasteiger partial charge in [-0.2, -0.15) is 0 Å². The molecule has 0 N–H and O–H groups in total. The van der Waals surface area contributed by atoms with Gasteiger partial charge in [-0.05, 0) is 42.4 Å². The molecule has 0 spiro atoms. The van der Waals surface area contributed by atoms with Gasteiger partial charge < -0.3 is 19.3 Å². The quantitative estimate of drug-likeness (QED) is 0.480. The van der Waals surface area contributed by atoms with Gasteiger partial charge in [-0.1, -0.05) is 24.3 Å². The number of carbonyl (C=O) groups is 1. The van der Waals surface area contributed by atoms with Crippen molar-refractivity contribution in [2.45, 2.75) is 19.6 Å². The molecule has 0 bridgehead atoms. The molecule has 0 atom stereocenters. The van der Waals surface area contributed by atoms with E-state index >= 15 is 0 Å². The van der Waals surface area contributed by atoms with Crippen molar-refractivity contribution in [2.24, 2.45) is 0 Å². The number of amides is 1. The first kappa shape index (κ1) is 23.1. The van der Waals surface area contributed by atoms with E-state index in [0.717, 1.165) is 46.5 Å². The molecule has 4 rings (SSSR count). The highest BCUT2D eigenvalue weighted by molar-refractivity contribution is 7.13. The molecule has 1 saturated heterocycles. The highest BCUT2D eigenvalue weighted by atomic mass is 32.1. The fourth-order valence-electron chi connectivity index (χ4n) is 3.88. The monoisotopic (exact) mass is 466 g/mol. The molecule has 33 heavy (non-hydrogen) atoms. The summed E-state index contributed by atoms with van der Waals surface area (Å²) in [5.41, 5.74) is 3.21. The molecule has 174 valence electrons. The van der Waals surface area contributed by atoms with Gasteiger partial charge in [0, 0.05) is 31.6 Å². The van der Waals surface area contributed by atoms with Crippen LogP contribution >= 0.6 is 11.3 Å². The van der Waals surface area contributed by atoms with Crippen molar-refractivity contribution in [2.75, 3.05) is 45.8 Å². The summed E-state index contributed by atoms with van der Waals surface area (Å²) in [5, 5.41) is 2.99. The molecule has 0 radical (unpaired) electrons. The number of likely N-dealkylation sites (N-methyl/N-ethyl adjacent to an activating group) is 1. The Labute approximate surface area is 199 Å². The molecule has 0 aliphatic carbocycles. The van der Waals surface area contributed by atoms with Crippen LogP contribution in [-0.4, -0.2) is 61.6 Å². The highest BCUT2D eigenvalue weighted by Gasteiger charge is 2.23. The predicted octanol–water partition coefficient (Wildman–Crippen LogP) is 3.64. The Hall–Kier alpha value is -3.10. The van der Waals surface area contributed by atoms with Crippen molar-refractivity contribution in [3.8, 4) is 11.5 Å². The summed E-state index contributed by atoms with van der Waals surface area (Å²) >= 11 is 1.61. The van der Waals surface area contributed by atoms with E-state index in [1.54, 1.807) is 25.6 Å². The first-order chi connectivity index (χ1) is 16.0. The van der Waals surface area contributed by atoms with Crippen LogP contribution in [0.2, 0.25) is 0 Å². The van der Waals surface area contributed by atoms with Crippen molar-refractivity contribution >= 4 is 22.4 Å². The minimum Gasteiger partial charge on any atom is -0.497 e. The van der Waals surface area contributed by atoms with Gasteiger partial charge in [-0.15, -0.1) is 11.3 Å². The number of ether oxygens (including phenoxy) is 2. The van der Waals surface area contributed by atoms with Crippen molar-refractivity contribution in [1.29, 1.82) is 0 Å². The van der Waals surface area contributed by atoms with Crippen molar-refractivity contribution in [3.05, 3.63) is 70.7 Å². The van der Waals surface area contributed by atoms with Gasteiger partial charge in [-0.25, -0.2) is 4.98 Å². The molecule has 1 aliphatic rings. The molecule has 3 aromatic rings. The normalized spacial score (nSPS) is 14.4. The molecule has 0 unspecified atom stereocenters. The zero-order valence-corrected chi connectivity index (χ0v) is 20.2. The van der Waals surface area contributed by atoms with Crippen molar-refractivity contribution in [1.82, 2.24) is 14.8 Å². The van der Waals surface area contributed by atoms with Crippen LogP contribution in [-0.2, 0) is 24.4 Å². The third-order valence-electron chi connectivity index (χ3n) is 5.69. The van der Waals surface area contributed by atoms with E-state index in [0.29, 0.717) is 26.2 Å². The van der Waals surface area contributed by atoms with E-state index in [9.17, 15) is 4.79 Å². The standard InChI is InChI=1S/C25H30N4O3S/c1-27-10-11-28(24(30)17-27)16-21-18-33-25(26-21)29(14-19-6-4-8-22(12-19)31-2)15-20-7-5-9-23(13-20)32-3/h4-9,12-13,18H,10-11,14-17H2,1-3H3. The number of hydrogen-bond acceptors (Lipinski definition) is 7. The number of rotatable bonds is 9. The van der Waals surface area contributed by atoms with Crippen LogP contribution in [0.25, 0.3) is 0 Å². The van der Waals surface area contributed by atoms with E-state index in [2.05, 4.69) is 39.4 Å². The second-order valence-corrected chi connectivity index (χ2v) is 9.07. The average Bonchev–Trinajstić information content (AvgIpc) is 3.29. The topological polar surface area (TPSA) is 58.1 Å². The Morgan fingerprint density at radius 3 is 2.21 bits per heavy atom. The van der Waals surface area contributed by atoms with Gasteiger partial charge in [-0.3, -0.25) is 9.69 Å². The Bertz CT molecular complexity index is 1040. The Morgan fingerprint density at radius 1 is 1.00 bits per heavy atom. The van der Waals surface area contributed by atoms with Crippen molar-refractivity contribution < 1.29 is 14.3 Å². The molecule has 8 heteroatoms. The van der Waals surface area contributed by atoms with Crippen LogP contribution in [0, 0.1) is 0 Å². The zero-order valence-electron chi connectivity index (χ0n) is 19.4. The summed E-state index contributed by atoms with van der Waals surface area (Å²) in [6, 6.07) is 16.2. The number of aromatic nitrogens is 1. The molecule has 1 aromatic heterocycles. The average molecular weight is 467 g/mol. The molecule has 1 fully saturated rings. The molecule has 2 aromatic carbocycles. The van der Waals surface area contributed by atoms with E-state index in [-0.39, 0.29) is 5.91 Å². The number of methoxy groups -OCH3 is 2. The lowest BCUT2D eigenvalue weighted by atomic mass is 10.1. The van der Waals surface area contributed by atoms with Crippen LogP contribution in [0.5, 0.6) is 11.5 Å². The maximum absolute atomic E-state index is 12.4. The van der Waals surface area contributed by atoms with E-state index in [1.165, 1.54) is 0 Å². The number of piperazine rings is 1. The van der Waals surface area contributed by atoms with Gasteiger partial charge in [0.1, 0.15) is 11.5 Å². The van der Waals surface area contributed by atoms with Gasteiger partial charge in [0.05, 0.1) is 33.0 Å². The molecule has 1 amide bonds.